The molecule has 0 aromatic heterocycles. The van der Waals surface area contributed by atoms with E-state index in [-0.39, 0.29) is 23.9 Å². The van der Waals surface area contributed by atoms with Crippen molar-refractivity contribution in [3.63, 3.8) is 0 Å². The van der Waals surface area contributed by atoms with E-state index in [4.69, 9.17) is 21.7 Å². The summed E-state index contributed by atoms with van der Waals surface area (Å²) in [5, 5.41) is 16.0. The van der Waals surface area contributed by atoms with Gasteiger partial charge in [0, 0.05) is 11.5 Å². The van der Waals surface area contributed by atoms with Gasteiger partial charge < -0.3 is 21.7 Å². The summed E-state index contributed by atoms with van der Waals surface area (Å²) in [5.74, 6) is -1.63. The molecule has 0 aliphatic rings. The van der Waals surface area contributed by atoms with E-state index in [0.29, 0.717) is 0 Å². The van der Waals surface area contributed by atoms with Gasteiger partial charge in [-0.1, -0.05) is 0 Å². The Morgan fingerprint density at radius 1 is 1.00 bits per heavy atom. The number of aliphatic carboxylic acids is 2. The molecule has 92 valence electrons. The van der Waals surface area contributed by atoms with Gasteiger partial charge in [0.25, 0.3) is 0 Å². The predicted molar refractivity (Wildman–Crippen MR) is 66.2 cm³/mol. The van der Waals surface area contributed by atoms with Crippen LogP contribution in [0.3, 0.4) is 0 Å². The Hall–Kier alpha value is -0.150. The average molecular weight is 279 g/mol. The molecular formula is C6H15ClN2O4S2. The Morgan fingerprint density at radius 3 is 1.20 bits per heavy atom. The first-order chi connectivity index (χ1) is 6.36. The van der Waals surface area contributed by atoms with Crippen molar-refractivity contribution < 1.29 is 19.8 Å². The number of nitrogens with two attached hydrogens (primary N) is 2. The number of halogens is 1. The summed E-state index contributed by atoms with van der Waals surface area (Å²) < 4.78 is 0. The van der Waals surface area contributed by atoms with Crippen LogP contribution >= 0.6 is 37.7 Å². The maximum absolute atomic E-state index is 9.76. The van der Waals surface area contributed by atoms with E-state index in [0.717, 1.165) is 0 Å². The fourth-order valence-electron chi connectivity index (χ4n) is 0.156. The highest BCUT2D eigenvalue weighted by molar-refractivity contribution is 7.80. The van der Waals surface area contributed by atoms with Gasteiger partial charge in [0.1, 0.15) is 12.1 Å². The van der Waals surface area contributed by atoms with E-state index in [1.165, 1.54) is 0 Å². The van der Waals surface area contributed by atoms with E-state index in [9.17, 15) is 9.59 Å². The maximum Gasteiger partial charge on any atom is 0.321 e. The number of hydrogen-bond donors (Lipinski definition) is 6. The molecule has 0 amide bonds. The molecule has 0 aromatic rings. The first-order valence-corrected chi connectivity index (χ1v) is 4.81. The number of carboxylic acids is 2. The Bertz CT molecular complexity index is 176. The van der Waals surface area contributed by atoms with Crippen molar-refractivity contribution in [2.24, 2.45) is 11.5 Å². The van der Waals surface area contributed by atoms with Gasteiger partial charge >= 0.3 is 11.9 Å². The van der Waals surface area contributed by atoms with Crippen LogP contribution in [0.2, 0.25) is 0 Å². The van der Waals surface area contributed by atoms with Gasteiger partial charge in [0.05, 0.1) is 0 Å². The Kier molecular flexibility index (Phi) is 16.1. The van der Waals surface area contributed by atoms with Crippen molar-refractivity contribution in [1.29, 1.82) is 0 Å². The lowest BCUT2D eigenvalue weighted by Gasteiger charge is -1.96. The molecule has 9 heteroatoms. The van der Waals surface area contributed by atoms with Gasteiger partial charge in [-0.2, -0.15) is 25.3 Å². The molecule has 0 radical (unpaired) electrons. The fourth-order valence-corrected chi connectivity index (χ4v) is 0.469. The van der Waals surface area contributed by atoms with Gasteiger partial charge in [-0.25, -0.2) is 0 Å². The zero-order valence-corrected chi connectivity index (χ0v) is 10.3. The summed E-state index contributed by atoms with van der Waals surface area (Å²) in [5.41, 5.74) is 9.88. The second-order valence-electron chi connectivity index (χ2n) is 2.25. The smallest absolute Gasteiger partial charge is 0.321 e. The molecule has 0 aliphatic carbocycles. The van der Waals surface area contributed by atoms with Gasteiger partial charge in [-0.3, -0.25) is 9.59 Å². The number of carbonyl (C=O) groups is 2. The first kappa shape index (κ1) is 20.3. The molecule has 15 heavy (non-hydrogen) atoms. The van der Waals surface area contributed by atoms with Crippen molar-refractivity contribution in [1.82, 2.24) is 0 Å². The lowest BCUT2D eigenvalue weighted by molar-refractivity contribution is -0.138. The van der Waals surface area contributed by atoms with Gasteiger partial charge in [0.2, 0.25) is 0 Å². The summed E-state index contributed by atoms with van der Waals surface area (Å²) in [6.07, 6.45) is 0. The third kappa shape index (κ3) is 13.9. The van der Waals surface area contributed by atoms with Crippen molar-refractivity contribution in [3.05, 3.63) is 0 Å². The summed E-state index contributed by atoms with van der Waals surface area (Å²) >= 11 is 7.30. The number of carboxylic acid groups (broad SMARTS) is 2. The van der Waals surface area contributed by atoms with Crippen molar-refractivity contribution in [3.8, 4) is 0 Å². The van der Waals surface area contributed by atoms with Crippen LogP contribution in [0.25, 0.3) is 0 Å². The summed E-state index contributed by atoms with van der Waals surface area (Å²) in [6.45, 7) is 0. The van der Waals surface area contributed by atoms with Gasteiger partial charge in [-0.15, -0.1) is 12.4 Å². The van der Waals surface area contributed by atoms with E-state index in [2.05, 4.69) is 25.3 Å². The van der Waals surface area contributed by atoms with E-state index in [1.807, 2.05) is 0 Å². The number of rotatable bonds is 4. The number of hydrogen-bond acceptors (Lipinski definition) is 6. The molecule has 0 saturated heterocycles. The first-order valence-electron chi connectivity index (χ1n) is 3.55. The Labute approximate surface area is 105 Å². The molecule has 6 nitrogen and oxygen atoms in total. The van der Waals surface area contributed by atoms with Crippen LogP contribution < -0.4 is 11.5 Å². The molecule has 0 spiro atoms. The molecule has 0 rings (SSSR count). The molecule has 0 heterocycles. The third-order valence-corrected chi connectivity index (χ3v) is 1.81. The summed E-state index contributed by atoms with van der Waals surface area (Å²) in [7, 11) is 0. The SMILES string of the molecule is Cl.NC(CS)C(=O)O.NC(CS)C(=O)O. The monoisotopic (exact) mass is 278 g/mol. The van der Waals surface area contributed by atoms with E-state index < -0.39 is 24.0 Å². The zero-order chi connectivity index (χ0) is 11.7. The normalized spacial score (nSPS) is 12.5. The highest BCUT2D eigenvalue weighted by Crippen LogP contribution is 1.80. The maximum atomic E-state index is 9.76. The topological polar surface area (TPSA) is 127 Å². The zero-order valence-electron chi connectivity index (χ0n) is 7.74. The Morgan fingerprint density at radius 2 is 1.20 bits per heavy atom. The minimum absolute atomic E-state index is 0. The molecule has 0 aromatic carbocycles. The molecule has 2 atom stereocenters. The molecular weight excluding hydrogens is 264 g/mol. The lowest BCUT2D eigenvalue weighted by atomic mass is 10.4. The highest BCUT2D eigenvalue weighted by atomic mass is 35.5. The largest absolute Gasteiger partial charge is 0.480 e. The minimum Gasteiger partial charge on any atom is -0.480 e. The molecule has 0 bridgehead atoms. The van der Waals surface area contributed by atoms with E-state index in [1.54, 1.807) is 0 Å². The predicted octanol–water partition coefficient (Wildman–Crippen LogP) is -0.922. The number of thiol groups is 2. The molecule has 6 N–H and O–H groups in total. The second-order valence-corrected chi connectivity index (χ2v) is 2.98. The quantitative estimate of drug-likeness (QED) is 0.369. The fraction of sp³-hybridized carbons (Fsp3) is 0.667. The van der Waals surface area contributed by atoms with Gasteiger partial charge in [-0.05, 0) is 0 Å². The van der Waals surface area contributed by atoms with Crippen LogP contribution in [0.15, 0.2) is 0 Å². The Balaban J connectivity index is -0.000000180. The van der Waals surface area contributed by atoms with Crippen LogP contribution in [0.1, 0.15) is 0 Å². The summed E-state index contributed by atoms with van der Waals surface area (Å²) in [4.78, 5) is 19.5. The third-order valence-electron chi connectivity index (χ3n) is 1.03. The average Bonchev–Trinajstić information content (AvgIpc) is 2.15. The molecule has 0 saturated carbocycles. The van der Waals surface area contributed by atoms with Crippen LogP contribution in [0.5, 0.6) is 0 Å². The van der Waals surface area contributed by atoms with Crippen LogP contribution in [-0.4, -0.2) is 45.7 Å². The van der Waals surface area contributed by atoms with Crippen LogP contribution in [0.4, 0.5) is 0 Å². The van der Waals surface area contributed by atoms with Crippen molar-refractivity contribution in [2.75, 3.05) is 11.5 Å². The van der Waals surface area contributed by atoms with Crippen LogP contribution in [0, 0.1) is 0 Å². The molecule has 0 aliphatic heterocycles. The second kappa shape index (κ2) is 11.9. The van der Waals surface area contributed by atoms with E-state index >= 15 is 0 Å². The standard InChI is InChI=1S/2C3H7NO2S.ClH/c2*4-2(1-7)3(5)6;/h2*2,7H,1,4H2,(H,5,6);1H. The lowest BCUT2D eigenvalue weighted by Crippen LogP contribution is -2.31. The molecule has 0 fully saturated rings. The van der Waals surface area contributed by atoms with Gasteiger partial charge in [0.15, 0.2) is 0 Å². The van der Waals surface area contributed by atoms with Crippen LogP contribution in [-0.2, 0) is 9.59 Å². The van der Waals surface area contributed by atoms with Crippen molar-refractivity contribution >= 4 is 49.6 Å². The molecule has 2 unspecified atom stereocenters. The minimum atomic E-state index is -1.00. The highest BCUT2D eigenvalue weighted by Gasteiger charge is 2.06. The summed E-state index contributed by atoms with van der Waals surface area (Å²) in [6, 6.07) is -1.63. The van der Waals surface area contributed by atoms with Crippen molar-refractivity contribution in [2.45, 2.75) is 12.1 Å².